The minimum Gasteiger partial charge on any atom is -0.478 e. The maximum Gasteiger partial charge on any atom is 0.339 e. The number of carboxylic acids is 2. The maximum atomic E-state index is 12.1. The minimum absolute atomic E-state index is 0.124. The van der Waals surface area contributed by atoms with Gasteiger partial charge in [0.1, 0.15) is 0 Å². The van der Waals surface area contributed by atoms with Crippen LogP contribution in [0.4, 0.5) is 0 Å². The summed E-state index contributed by atoms with van der Waals surface area (Å²) in [6.07, 6.45) is 13.1. The third-order valence-electron chi connectivity index (χ3n) is 4.70. The Hall–Kier alpha value is -2.37. The molecule has 0 saturated carbocycles. The van der Waals surface area contributed by atoms with Crippen molar-refractivity contribution < 1.29 is 29.3 Å². The SMILES string of the molecule is CCCCCCCCCCCCCOC(=O)c1ccc(C(=O)O)cc1C(=O)O. The van der Waals surface area contributed by atoms with Gasteiger partial charge in [0.05, 0.1) is 23.3 Å². The van der Waals surface area contributed by atoms with Crippen LogP contribution in [-0.2, 0) is 4.74 Å². The molecule has 0 aromatic heterocycles. The van der Waals surface area contributed by atoms with Crippen molar-refractivity contribution in [1.82, 2.24) is 0 Å². The molecule has 1 rings (SSSR count). The molecule has 156 valence electrons. The van der Waals surface area contributed by atoms with Gasteiger partial charge in [0, 0.05) is 0 Å². The molecule has 1 aromatic carbocycles. The number of benzene rings is 1. The zero-order valence-electron chi connectivity index (χ0n) is 16.7. The molecule has 0 unspecified atom stereocenters. The van der Waals surface area contributed by atoms with Crippen molar-refractivity contribution in [2.75, 3.05) is 6.61 Å². The predicted molar refractivity (Wildman–Crippen MR) is 107 cm³/mol. The highest BCUT2D eigenvalue weighted by atomic mass is 16.5. The Kier molecular flexibility index (Phi) is 11.6. The van der Waals surface area contributed by atoms with E-state index in [2.05, 4.69) is 6.92 Å². The lowest BCUT2D eigenvalue weighted by Crippen LogP contribution is -2.13. The van der Waals surface area contributed by atoms with Crippen LogP contribution in [0, 0.1) is 0 Å². The lowest BCUT2D eigenvalue weighted by atomic mass is 10.0. The van der Waals surface area contributed by atoms with Crippen molar-refractivity contribution >= 4 is 17.9 Å². The monoisotopic (exact) mass is 392 g/mol. The van der Waals surface area contributed by atoms with Gasteiger partial charge in [-0.05, 0) is 24.6 Å². The van der Waals surface area contributed by atoms with Gasteiger partial charge >= 0.3 is 17.9 Å². The second kappa shape index (κ2) is 13.7. The predicted octanol–water partition coefficient (Wildman–Crippen LogP) is 5.55. The second-order valence-corrected chi connectivity index (χ2v) is 7.04. The number of hydrogen-bond donors (Lipinski definition) is 2. The summed E-state index contributed by atoms with van der Waals surface area (Å²) in [6, 6.07) is 3.37. The Morgan fingerprint density at radius 1 is 0.750 bits per heavy atom. The molecule has 0 aliphatic rings. The van der Waals surface area contributed by atoms with E-state index in [1.54, 1.807) is 0 Å². The lowest BCUT2D eigenvalue weighted by Gasteiger charge is -2.08. The summed E-state index contributed by atoms with van der Waals surface area (Å²) < 4.78 is 5.15. The van der Waals surface area contributed by atoms with Gasteiger partial charge < -0.3 is 14.9 Å². The molecule has 0 spiro atoms. The first-order chi connectivity index (χ1) is 13.5. The number of aromatic carboxylic acids is 2. The summed E-state index contributed by atoms with van der Waals surface area (Å²) in [5, 5.41) is 18.1. The van der Waals surface area contributed by atoms with E-state index >= 15 is 0 Å². The first-order valence-electron chi connectivity index (χ1n) is 10.2. The van der Waals surface area contributed by atoms with Crippen molar-refractivity contribution in [3.8, 4) is 0 Å². The molecule has 0 aliphatic carbocycles. The first kappa shape index (κ1) is 23.7. The normalized spacial score (nSPS) is 10.6. The first-order valence-corrected chi connectivity index (χ1v) is 10.2. The topological polar surface area (TPSA) is 101 Å². The molecule has 0 heterocycles. The molecular formula is C22H32O6. The van der Waals surface area contributed by atoms with Crippen molar-refractivity contribution in [3.63, 3.8) is 0 Å². The van der Waals surface area contributed by atoms with Crippen molar-refractivity contribution in [3.05, 3.63) is 34.9 Å². The number of esters is 1. The summed E-state index contributed by atoms with van der Waals surface area (Å²) in [5.74, 6) is -3.34. The average molecular weight is 392 g/mol. The van der Waals surface area contributed by atoms with E-state index in [4.69, 9.17) is 9.84 Å². The Bertz CT molecular complexity index is 638. The van der Waals surface area contributed by atoms with Gasteiger partial charge in [0.2, 0.25) is 0 Å². The molecule has 2 N–H and O–H groups in total. The van der Waals surface area contributed by atoms with Gasteiger partial charge in [-0.1, -0.05) is 71.1 Å². The van der Waals surface area contributed by atoms with Crippen molar-refractivity contribution in [1.29, 1.82) is 0 Å². The van der Waals surface area contributed by atoms with E-state index in [-0.39, 0.29) is 23.3 Å². The van der Waals surface area contributed by atoms with E-state index in [1.807, 2.05) is 0 Å². The molecule has 0 atom stereocenters. The Labute approximate surface area is 166 Å². The smallest absolute Gasteiger partial charge is 0.339 e. The molecular weight excluding hydrogens is 360 g/mol. The maximum absolute atomic E-state index is 12.1. The number of hydrogen-bond acceptors (Lipinski definition) is 4. The van der Waals surface area contributed by atoms with E-state index in [9.17, 15) is 19.5 Å². The second-order valence-electron chi connectivity index (χ2n) is 7.04. The number of carbonyl (C=O) groups is 3. The summed E-state index contributed by atoms with van der Waals surface area (Å²) in [5.41, 5.74) is -0.663. The summed E-state index contributed by atoms with van der Waals surface area (Å²) in [6.45, 7) is 2.45. The highest BCUT2D eigenvalue weighted by Crippen LogP contribution is 2.15. The summed E-state index contributed by atoms with van der Waals surface area (Å²) in [4.78, 5) is 34.3. The van der Waals surface area contributed by atoms with E-state index in [1.165, 1.54) is 63.5 Å². The fraction of sp³-hybridized carbons (Fsp3) is 0.591. The van der Waals surface area contributed by atoms with Gasteiger partial charge in [-0.15, -0.1) is 0 Å². The fourth-order valence-electron chi connectivity index (χ4n) is 3.04. The van der Waals surface area contributed by atoms with Crippen LogP contribution >= 0.6 is 0 Å². The lowest BCUT2D eigenvalue weighted by molar-refractivity contribution is 0.0486. The van der Waals surface area contributed by atoms with E-state index in [0.717, 1.165) is 25.3 Å². The molecule has 0 radical (unpaired) electrons. The van der Waals surface area contributed by atoms with Crippen LogP contribution in [0.2, 0.25) is 0 Å². The van der Waals surface area contributed by atoms with Crippen LogP contribution < -0.4 is 0 Å². The third kappa shape index (κ3) is 9.02. The van der Waals surface area contributed by atoms with Crippen LogP contribution in [-0.4, -0.2) is 34.7 Å². The van der Waals surface area contributed by atoms with E-state index in [0.29, 0.717) is 0 Å². The Morgan fingerprint density at radius 3 is 1.79 bits per heavy atom. The molecule has 6 heteroatoms. The average Bonchev–Trinajstić information content (AvgIpc) is 2.68. The van der Waals surface area contributed by atoms with Gasteiger partial charge in [-0.2, -0.15) is 0 Å². The fourth-order valence-corrected chi connectivity index (χ4v) is 3.04. The number of carbonyl (C=O) groups excluding carboxylic acids is 1. The van der Waals surface area contributed by atoms with Crippen LogP contribution in [0.5, 0.6) is 0 Å². The molecule has 1 aromatic rings. The van der Waals surface area contributed by atoms with Gasteiger partial charge in [-0.3, -0.25) is 0 Å². The number of carboxylic acid groups (broad SMARTS) is 2. The molecule has 0 aliphatic heterocycles. The molecule has 28 heavy (non-hydrogen) atoms. The van der Waals surface area contributed by atoms with Crippen LogP contribution in [0.3, 0.4) is 0 Å². The number of rotatable bonds is 15. The van der Waals surface area contributed by atoms with Gasteiger partial charge in [-0.25, -0.2) is 14.4 Å². The molecule has 0 bridgehead atoms. The molecule has 0 saturated heterocycles. The van der Waals surface area contributed by atoms with Gasteiger partial charge in [0.25, 0.3) is 0 Å². The van der Waals surface area contributed by atoms with Crippen molar-refractivity contribution in [2.24, 2.45) is 0 Å². The number of unbranched alkanes of at least 4 members (excludes halogenated alkanes) is 10. The zero-order valence-corrected chi connectivity index (χ0v) is 16.7. The standard InChI is InChI=1S/C22H32O6/c1-2-3-4-5-6-7-8-9-10-11-12-15-28-22(27)18-14-13-17(20(23)24)16-19(18)21(25)26/h13-14,16H,2-12,15H2,1H3,(H,23,24)(H,25,26). The summed E-state index contributed by atoms with van der Waals surface area (Å²) >= 11 is 0. The summed E-state index contributed by atoms with van der Waals surface area (Å²) in [7, 11) is 0. The molecule has 6 nitrogen and oxygen atoms in total. The van der Waals surface area contributed by atoms with E-state index < -0.39 is 17.9 Å². The van der Waals surface area contributed by atoms with Gasteiger partial charge in [0.15, 0.2) is 0 Å². The third-order valence-corrected chi connectivity index (χ3v) is 4.70. The van der Waals surface area contributed by atoms with Crippen LogP contribution in [0.15, 0.2) is 18.2 Å². The van der Waals surface area contributed by atoms with Crippen LogP contribution in [0.1, 0.15) is 109 Å². The quantitative estimate of drug-likeness (QED) is 0.300. The highest BCUT2D eigenvalue weighted by molar-refractivity contribution is 6.04. The Balaban J connectivity index is 2.23. The Morgan fingerprint density at radius 2 is 1.29 bits per heavy atom. The molecule has 0 amide bonds. The molecule has 0 fully saturated rings. The zero-order chi connectivity index (χ0) is 20.8. The van der Waals surface area contributed by atoms with Crippen LogP contribution in [0.25, 0.3) is 0 Å². The largest absolute Gasteiger partial charge is 0.478 e. The minimum atomic E-state index is -1.36. The number of ether oxygens (including phenoxy) is 1. The van der Waals surface area contributed by atoms with Crippen molar-refractivity contribution in [2.45, 2.75) is 77.6 Å². The highest BCUT2D eigenvalue weighted by Gasteiger charge is 2.20.